The van der Waals surface area contributed by atoms with Crippen molar-refractivity contribution < 1.29 is 19.4 Å². The number of nitrogens with one attached hydrogen (secondary N) is 1. The van der Waals surface area contributed by atoms with E-state index in [4.69, 9.17) is 4.74 Å². The highest BCUT2D eigenvalue weighted by atomic mass is 79.9. The summed E-state index contributed by atoms with van der Waals surface area (Å²) in [5.74, 6) is 0.537. The number of carboxylic acid groups (broad SMARTS) is 1. The summed E-state index contributed by atoms with van der Waals surface area (Å²) in [4.78, 5) is 26.5. The van der Waals surface area contributed by atoms with Crippen LogP contribution in [0.3, 0.4) is 0 Å². The molecule has 0 bridgehead atoms. The Kier molecular flexibility index (Phi) is 7.35. The van der Waals surface area contributed by atoms with E-state index in [1.165, 1.54) is 0 Å². The molecule has 3 rings (SSSR count). The van der Waals surface area contributed by atoms with Gasteiger partial charge in [-0.25, -0.2) is 9.78 Å². The van der Waals surface area contributed by atoms with Crippen LogP contribution in [-0.4, -0.2) is 43.8 Å². The van der Waals surface area contributed by atoms with Gasteiger partial charge in [-0.3, -0.25) is 4.79 Å². The van der Waals surface area contributed by atoms with Crippen molar-refractivity contribution in [3.05, 3.63) is 52.3 Å². The third-order valence-corrected chi connectivity index (χ3v) is 5.10. The second-order valence-corrected chi connectivity index (χ2v) is 8.04. The van der Waals surface area contributed by atoms with E-state index in [1.807, 2.05) is 24.5 Å². The van der Waals surface area contributed by atoms with Gasteiger partial charge in [-0.05, 0) is 49.1 Å². The first-order valence-corrected chi connectivity index (χ1v) is 10.4. The molecule has 0 fully saturated rings. The molecule has 0 aliphatic heterocycles. The number of carboxylic acids is 1. The first kappa shape index (κ1) is 22.4. The Morgan fingerprint density at radius 2 is 2.19 bits per heavy atom. The third kappa shape index (κ3) is 5.66. The minimum Gasteiger partial charge on any atom is -0.492 e. The lowest BCUT2D eigenvalue weighted by atomic mass is 10.1. The summed E-state index contributed by atoms with van der Waals surface area (Å²) in [6.45, 7) is 4.86. The number of nitrogens with zero attached hydrogens (tertiary/aromatic N) is 4. The molecule has 2 heterocycles. The molecule has 2 aromatic heterocycles. The molecule has 0 spiro atoms. The lowest BCUT2D eigenvalue weighted by molar-refractivity contribution is -0.105. The number of rotatable bonds is 10. The Hall–Kier alpha value is -3.27. The van der Waals surface area contributed by atoms with Crippen molar-refractivity contribution in [2.75, 3.05) is 11.9 Å². The van der Waals surface area contributed by atoms with E-state index < -0.39 is 5.97 Å². The van der Waals surface area contributed by atoms with Crippen molar-refractivity contribution in [2.45, 2.75) is 26.8 Å². The van der Waals surface area contributed by atoms with E-state index in [0.29, 0.717) is 47.1 Å². The van der Waals surface area contributed by atoms with E-state index in [2.05, 4.69) is 36.4 Å². The zero-order valence-corrected chi connectivity index (χ0v) is 18.7. The van der Waals surface area contributed by atoms with Crippen LogP contribution in [0, 0.1) is 12.8 Å². The van der Waals surface area contributed by atoms with E-state index >= 15 is 0 Å². The second kappa shape index (κ2) is 10.2. The molecule has 9 nitrogen and oxygen atoms in total. The number of aryl methyl sites for hydroxylation is 2. The van der Waals surface area contributed by atoms with E-state index in [-0.39, 0.29) is 11.5 Å². The predicted octanol–water partition coefficient (Wildman–Crippen LogP) is 3.78. The number of aromatic carboxylic acids is 1. The highest BCUT2D eigenvalue weighted by Crippen LogP contribution is 2.29. The Morgan fingerprint density at radius 3 is 2.94 bits per heavy atom. The largest absolute Gasteiger partial charge is 0.492 e. The van der Waals surface area contributed by atoms with Gasteiger partial charge in [0.1, 0.15) is 29.2 Å². The maximum absolute atomic E-state index is 11.5. The van der Waals surface area contributed by atoms with Crippen LogP contribution >= 0.6 is 15.9 Å². The molecule has 1 amide bonds. The van der Waals surface area contributed by atoms with Gasteiger partial charge in [-0.1, -0.05) is 28.9 Å². The Morgan fingerprint density at radius 1 is 1.39 bits per heavy atom. The van der Waals surface area contributed by atoms with E-state index in [9.17, 15) is 14.7 Å². The summed E-state index contributed by atoms with van der Waals surface area (Å²) in [5, 5.41) is 20.1. The fraction of sp³-hybridized carbons (Fsp3) is 0.286. The number of carbonyl (C=O) groups excluding carboxylic acids is 1. The maximum Gasteiger partial charge on any atom is 0.339 e. The fourth-order valence-electron chi connectivity index (χ4n) is 3.07. The molecule has 162 valence electrons. The number of anilines is 1. The predicted molar refractivity (Wildman–Crippen MR) is 118 cm³/mol. The zero-order valence-electron chi connectivity index (χ0n) is 17.1. The minimum absolute atomic E-state index is 0.134. The molecule has 0 saturated heterocycles. The number of halogens is 1. The lowest BCUT2D eigenvalue weighted by Crippen LogP contribution is -2.14. The molecular weight excluding hydrogens is 466 g/mol. The van der Waals surface area contributed by atoms with Crippen LogP contribution in [0.2, 0.25) is 0 Å². The number of hydrogen-bond acceptors (Lipinski definition) is 6. The first-order chi connectivity index (χ1) is 14.9. The molecule has 31 heavy (non-hydrogen) atoms. The van der Waals surface area contributed by atoms with Gasteiger partial charge >= 0.3 is 5.97 Å². The number of carbonyl (C=O) groups is 2. The van der Waals surface area contributed by atoms with Gasteiger partial charge in [-0.2, -0.15) is 0 Å². The van der Waals surface area contributed by atoms with Gasteiger partial charge in [0.05, 0.1) is 6.61 Å². The molecular formula is C21H22BrN5O4. The van der Waals surface area contributed by atoms with Crippen molar-refractivity contribution in [3.8, 4) is 17.3 Å². The standard InChI is InChI=1S/C21H22BrN5O4/c1-13(10-31-19-14(2)8-15(22)9-16(19)21(29)30)6-7-27-11-24-26-20(27)17-4-3-5-18(25-17)23-12-28/h3-5,8-9,11-13H,6-7,10H2,1-2H3,(H,29,30)(H,23,25,28). The van der Waals surface area contributed by atoms with Crippen LogP contribution in [-0.2, 0) is 11.3 Å². The summed E-state index contributed by atoms with van der Waals surface area (Å²) in [6.07, 6.45) is 2.96. The fourth-order valence-corrected chi connectivity index (χ4v) is 3.64. The normalized spacial score (nSPS) is 11.7. The quantitative estimate of drug-likeness (QED) is 0.417. The van der Waals surface area contributed by atoms with Gasteiger partial charge in [0.15, 0.2) is 5.82 Å². The van der Waals surface area contributed by atoms with Crippen molar-refractivity contribution in [3.63, 3.8) is 0 Å². The highest BCUT2D eigenvalue weighted by Gasteiger charge is 2.17. The average Bonchev–Trinajstić information content (AvgIpc) is 3.20. The molecule has 1 atom stereocenters. The number of ether oxygens (including phenoxy) is 1. The van der Waals surface area contributed by atoms with Gasteiger partial charge in [0, 0.05) is 11.0 Å². The highest BCUT2D eigenvalue weighted by molar-refractivity contribution is 9.10. The van der Waals surface area contributed by atoms with Gasteiger partial charge in [-0.15, -0.1) is 10.2 Å². The summed E-state index contributed by atoms with van der Waals surface area (Å²) in [5.41, 5.74) is 1.50. The summed E-state index contributed by atoms with van der Waals surface area (Å²) in [6, 6.07) is 8.64. The van der Waals surface area contributed by atoms with Crippen LogP contribution in [0.1, 0.15) is 29.3 Å². The SMILES string of the molecule is Cc1cc(Br)cc(C(=O)O)c1OCC(C)CCn1cnnc1-c1cccc(NC=O)n1. The van der Waals surface area contributed by atoms with E-state index in [1.54, 1.807) is 30.6 Å². The van der Waals surface area contributed by atoms with Gasteiger partial charge < -0.3 is 19.7 Å². The molecule has 10 heteroatoms. The first-order valence-electron chi connectivity index (χ1n) is 9.60. The summed E-state index contributed by atoms with van der Waals surface area (Å²) in [7, 11) is 0. The third-order valence-electron chi connectivity index (χ3n) is 4.65. The topological polar surface area (TPSA) is 119 Å². The van der Waals surface area contributed by atoms with E-state index in [0.717, 1.165) is 12.0 Å². The number of hydrogen-bond donors (Lipinski definition) is 2. The lowest BCUT2D eigenvalue weighted by Gasteiger charge is -2.17. The van der Waals surface area contributed by atoms with Crippen LogP contribution in [0.15, 0.2) is 41.1 Å². The molecule has 0 aliphatic rings. The second-order valence-electron chi connectivity index (χ2n) is 7.13. The Balaban J connectivity index is 1.64. The summed E-state index contributed by atoms with van der Waals surface area (Å²) < 4.78 is 8.46. The number of benzene rings is 1. The summed E-state index contributed by atoms with van der Waals surface area (Å²) >= 11 is 3.32. The van der Waals surface area contributed by atoms with Crippen molar-refractivity contribution in [2.24, 2.45) is 5.92 Å². The number of amides is 1. The van der Waals surface area contributed by atoms with Crippen LogP contribution < -0.4 is 10.1 Å². The molecule has 3 aromatic rings. The van der Waals surface area contributed by atoms with Crippen LogP contribution in [0.4, 0.5) is 5.82 Å². The average molecular weight is 488 g/mol. The molecule has 0 aliphatic carbocycles. The van der Waals surface area contributed by atoms with Gasteiger partial charge in [0.25, 0.3) is 0 Å². The van der Waals surface area contributed by atoms with Gasteiger partial charge in [0.2, 0.25) is 6.41 Å². The van der Waals surface area contributed by atoms with Crippen molar-refractivity contribution in [1.82, 2.24) is 19.7 Å². The molecule has 0 saturated carbocycles. The minimum atomic E-state index is -1.03. The molecule has 2 N–H and O–H groups in total. The molecule has 1 aromatic carbocycles. The van der Waals surface area contributed by atoms with Crippen molar-refractivity contribution in [1.29, 1.82) is 0 Å². The number of aromatic nitrogens is 4. The van der Waals surface area contributed by atoms with Crippen molar-refractivity contribution >= 4 is 34.1 Å². The van der Waals surface area contributed by atoms with Crippen LogP contribution in [0.25, 0.3) is 11.5 Å². The van der Waals surface area contributed by atoms with Crippen LogP contribution in [0.5, 0.6) is 5.75 Å². The number of pyridine rings is 1. The Labute approximate surface area is 187 Å². The maximum atomic E-state index is 11.5. The Bertz CT molecular complexity index is 1090. The monoisotopic (exact) mass is 487 g/mol. The molecule has 1 unspecified atom stereocenters. The zero-order chi connectivity index (χ0) is 22.4. The molecule has 0 radical (unpaired) electrons. The smallest absolute Gasteiger partial charge is 0.339 e.